The number of hydrogen-bond donors (Lipinski definition) is 2. The number of ether oxygens (including phenoxy) is 1. The van der Waals surface area contributed by atoms with Gasteiger partial charge in [-0.25, -0.2) is 0 Å². The molecule has 1 aromatic heterocycles. The van der Waals surface area contributed by atoms with Crippen molar-refractivity contribution >= 4 is 34.1 Å². The second-order valence-corrected chi connectivity index (χ2v) is 5.49. The quantitative estimate of drug-likeness (QED) is 0.823. The molecule has 1 saturated heterocycles. The highest BCUT2D eigenvalue weighted by Crippen LogP contribution is 2.22. The first-order valence-corrected chi connectivity index (χ1v) is 7.48. The predicted molar refractivity (Wildman–Crippen MR) is 78.1 cm³/mol. The predicted octanol–water partition coefficient (Wildman–Crippen LogP) is 0.424. The Hall–Kier alpha value is -1.93. The Morgan fingerprint density at radius 3 is 2.67 bits per heavy atom. The van der Waals surface area contributed by atoms with Crippen LogP contribution in [0, 0.1) is 0 Å². The maximum Gasteiger partial charge on any atom is 0.251 e. The zero-order chi connectivity index (χ0) is 15.2. The third-order valence-electron chi connectivity index (χ3n) is 3.11. The van der Waals surface area contributed by atoms with Gasteiger partial charge in [-0.1, -0.05) is 0 Å². The Bertz CT molecular complexity index is 537. The highest BCUT2D eigenvalue weighted by Gasteiger charge is 2.18. The number of hydrogen-bond acceptors (Lipinski definition) is 5. The van der Waals surface area contributed by atoms with Crippen LogP contribution in [0.25, 0.3) is 0 Å². The summed E-state index contributed by atoms with van der Waals surface area (Å²) in [5.74, 6) is -0.952. The average molecular weight is 311 g/mol. The number of amides is 3. The third kappa shape index (κ3) is 4.27. The number of nitrogens with one attached hydrogen (secondary N) is 1. The smallest absolute Gasteiger partial charge is 0.251 e. The van der Waals surface area contributed by atoms with Crippen LogP contribution >= 0.6 is 11.3 Å². The van der Waals surface area contributed by atoms with Crippen LogP contribution in [0.2, 0.25) is 0 Å². The molecule has 0 saturated carbocycles. The van der Waals surface area contributed by atoms with Crippen LogP contribution in [0.5, 0.6) is 0 Å². The molecular weight excluding hydrogens is 294 g/mol. The van der Waals surface area contributed by atoms with Gasteiger partial charge in [0.1, 0.15) is 5.00 Å². The monoisotopic (exact) mass is 311 g/mol. The van der Waals surface area contributed by atoms with Gasteiger partial charge in [-0.3, -0.25) is 14.4 Å². The molecule has 1 aliphatic rings. The van der Waals surface area contributed by atoms with Crippen molar-refractivity contribution in [1.29, 1.82) is 0 Å². The molecule has 0 radical (unpaired) electrons. The lowest BCUT2D eigenvalue weighted by molar-refractivity contribution is -0.136. The molecule has 7 nitrogen and oxygen atoms in total. The van der Waals surface area contributed by atoms with Crippen LogP contribution in [0.4, 0.5) is 5.00 Å². The number of anilines is 1. The van der Waals surface area contributed by atoms with Gasteiger partial charge in [0.15, 0.2) is 0 Å². The summed E-state index contributed by atoms with van der Waals surface area (Å²) in [6, 6.07) is 1.56. The molecule has 8 heteroatoms. The van der Waals surface area contributed by atoms with E-state index in [2.05, 4.69) is 5.32 Å². The van der Waals surface area contributed by atoms with Gasteiger partial charge in [-0.2, -0.15) is 0 Å². The van der Waals surface area contributed by atoms with Crippen molar-refractivity contribution in [2.75, 3.05) is 31.6 Å². The van der Waals surface area contributed by atoms with E-state index in [4.69, 9.17) is 10.5 Å². The Morgan fingerprint density at radius 1 is 1.29 bits per heavy atom. The van der Waals surface area contributed by atoms with Crippen molar-refractivity contribution < 1.29 is 19.1 Å². The summed E-state index contributed by atoms with van der Waals surface area (Å²) in [4.78, 5) is 36.6. The molecule has 3 amide bonds. The zero-order valence-electron chi connectivity index (χ0n) is 11.5. The summed E-state index contributed by atoms with van der Waals surface area (Å²) in [5, 5.41) is 4.71. The molecule has 1 aromatic rings. The minimum absolute atomic E-state index is 0.0604. The summed E-state index contributed by atoms with van der Waals surface area (Å²) >= 11 is 1.22. The van der Waals surface area contributed by atoms with Crippen molar-refractivity contribution in [3.8, 4) is 0 Å². The second kappa shape index (κ2) is 7.19. The molecule has 1 fully saturated rings. The standard InChI is InChI=1S/C13H17N3O4S/c14-12(19)9-3-8-21-13(9)15-10(17)1-2-11(18)16-4-6-20-7-5-16/h3,8H,1-2,4-7H2,(H2,14,19)(H,15,17). The molecule has 0 aromatic carbocycles. The van der Waals surface area contributed by atoms with Crippen LogP contribution in [0.15, 0.2) is 11.4 Å². The van der Waals surface area contributed by atoms with Crippen LogP contribution in [0.1, 0.15) is 23.2 Å². The SMILES string of the molecule is NC(=O)c1ccsc1NC(=O)CCC(=O)N1CCOCC1. The summed E-state index contributed by atoms with van der Waals surface area (Å²) in [6.07, 6.45) is 0.218. The Kier molecular flexibility index (Phi) is 5.29. The largest absolute Gasteiger partial charge is 0.378 e. The molecule has 3 N–H and O–H groups in total. The van der Waals surface area contributed by atoms with Gasteiger partial charge in [-0.05, 0) is 11.4 Å². The van der Waals surface area contributed by atoms with Gasteiger partial charge < -0.3 is 20.7 Å². The molecule has 1 aliphatic heterocycles. The van der Waals surface area contributed by atoms with Crippen molar-refractivity contribution in [2.24, 2.45) is 5.73 Å². The van der Waals surface area contributed by atoms with Crippen LogP contribution in [-0.4, -0.2) is 48.9 Å². The molecule has 2 rings (SSSR count). The highest BCUT2D eigenvalue weighted by molar-refractivity contribution is 7.14. The van der Waals surface area contributed by atoms with E-state index >= 15 is 0 Å². The van der Waals surface area contributed by atoms with Crippen LogP contribution in [0.3, 0.4) is 0 Å². The molecule has 0 unspecified atom stereocenters. The molecule has 114 valence electrons. The number of rotatable bonds is 5. The Morgan fingerprint density at radius 2 is 2.00 bits per heavy atom. The van der Waals surface area contributed by atoms with E-state index in [1.807, 2.05) is 0 Å². The number of primary amides is 1. The second-order valence-electron chi connectivity index (χ2n) is 4.57. The fourth-order valence-corrected chi connectivity index (χ4v) is 2.79. The lowest BCUT2D eigenvalue weighted by Gasteiger charge is -2.26. The number of carbonyl (C=O) groups is 3. The van der Waals surface area contributed by atoms with E-state index in [9.17, 15) is 14.4 Å². The normalized spacial score (nSPS) is 14.8. The van der Waals surface area contributed by atoms with Crippen LogP contribution in [-0.2, 0) is 14.3 Å². The summed E-state index contributed by atoms with van der Waals surface area (Å²) in [5.41, 5.74) is 5.48. The molecule has 0 atom stereocenters. The lowest BCUT2D eigenvalue weighted by atomic mass is 10.2. The first-order valence-electron chi connectivity index (χ1n) is 6.60. The fraction of sp³-hybridized carbons (Fsp3) is 0.462. The minimum Gasteiger partial charge on any atom is -0.378 e. The fourth-order valence-electron chi connectivity index (χ4n) is 1.98. The van der Waals surface area contributed by atoms with E-state index in [1.165, 1.54) is 11.3 Å². The Labute approximate surface area is 126 Å². The maximum atomic E-state index is 11.9. The number of nitrogens with two attached hydrogens (primary N) is 1. The number of carbonyl (C=O) groups excluding carboxylic acids is 3. The zero-order valence-corrected chi connectivity index (χ0v) is 12.3. The summed E-state index contributed by atoms with van der Waals surface area (Å²) in [7, 11) is 0. The van der Waals surface area contributed by atoms with Gasteiger partial charge in [0, 0.05) is 25.9 Å². The molecule has 21 heavy (non-hydrogen) atoms. The van der Waals surface area contributed by atoms with Gasteiger partial charge in [0.2, 0.25) is 11.8 Å². The number of nitrogens with zero attached hydrogens (tertiary/aromatic N) is 1. The molecule has 0 spiro atoms. The van der Waals surface area contributed by atoms with Crippen molar-refractivity contribution in [2.45, 2.75) is 12.8 Å². The van der Waals surface area contributed by atoms with E-state index in [1.54, 1.807) is 16.3 Å². The van der Waals surface area contributed by atoms with Gasteiger partial charge in [0.05, 0.1) is 18.8 Å². The lowest BCUT2D eigenvalue weighted by Crippen LogP contribution is -2.40. The molecule has 2 heterocycles. The van der Waals surface area contributed by atoms with E-state index in [-0.39, 0.29) is 30.2 Å². The summed E-state index contributed by atoms with van der Waals surface area (Å²) in [6.45, 7) is 2.21. The van der Waals surface area contributed by atoms with Crippen molar-refractivity contribution in [1.82, 2.24) is 4.90 Å². The van der Waals surface area contributed by atoms with E-state index < -0.39 is 5.91 Å². The highest BCUT2D eigenvalue weighted by atomic mass is 32.1. The first-order chi connectivity index (χ1) is 10.1. The van der Waals surface area contributed by atoms with Gasteiger partial charge >= 0.3 is 0 Å². The van der Waals surface area contributed by atoms with Crippen molar-refractivity contribution in [3.63, 3.8) is 0 Å². The van der Waals surface area contributed by atoms with Gasteiger partial charge in [-0.15, -0.1) is 11.3 Å². The topological polar surface area (TPSA) is 102 Å². The maximum absolute atomic E-state index is 11.9. The molecule has 0 aliphatic carbocycles. The van der Waals surface area contributed by atoms with Gasteiger partial charge in [0.25, 0.3) is 5.91 Å². The first kappa shape index (κ1) is 15.5. The van der Waals surface area contributed by atoms with Crippen molar-refractivity contribution in [3.05, 3.63) is 17.0 Å². The minimum atomic E-state index is -0.587. The number of morpholine rings is 1. The third-order valence-corrected chi connectivity index (χ3v) is 3.94. The number of thiophene rings is 1. The average Bonchev–Trinajstić information content (AvgIpc) is 2.94. The van der Waals surface area contributed by atoms with E-state index in [0.29, 0.717) is 31.3 Å². The summed E-state index contributed by atoms with van der Waals surface area (Å²) < 4.78 is 5.17. The molecule has 0 bridgehead atoms. The molecular formula is C13H17N3O4S. The Balaban J connectivity index is 1.80. The van der Waals surface area contributed by atoms with E-state index in [0.717, 1.165) is 0 Å². The van der Waals surface area contributed by atoms with Crippen LogP contribution < -0.4 is 11.1 Å².